The summed E-state index contributed by atoms with van der Waals surface area (Å²) in [4.78, 5) is 0. The second-order valence-corrected chi connectivity index (χ2v) is 7.10. The van der Waals surface area contributed by atoms with Gasteiger partial charge in [-0.05, 0) is 19.8 Å². The van der Waals surface area contributed by atoms with E-state index in [1.807, 2.05) is 11.9 Å². The molecule has 0 aromatic rings. The fourth-order valence-corrected chi connectivity index (χ4v) is 5.11. The van der Waals surface area contributed by atoms with Crippen molar-refractivity contribution in [3.05, 3.63) is 11.3 Å². The Morgan fingerprint density at radius 1 is 1.31 bits per heavy atom. The van der Waals surface area contributed by atoms with Gasteiger partial charge in [-0.15, -0.1) is 0 Å². The molecule has 0 saturated heterocycles. The molecule has 90 valence electrons. The molecule has 0 radical (unpaired) electrons. The van der Waals surface area contributed by atoms with E-state index in [4.69, 9.17) is 12.2 Å². The van der Waals surface area contributed by atoms with Crippen molar-refractivity contribution in [1.82, 2.24) is 0 Å². The Morgan fingerprint density at radius 2 is 1.94 bits per heavy atom. The SMILES string of the molecule is CCC1=C(C)C(=S)S[N@@+]1(C)C1CCCCC1. The van der Waals surface area contributed by atoms with Gasteiger partial charge in [0.15, 0.2) is 0 Å². The van der Waals surface area contributed by atoms with Gasteiger partial charge in [-0.2, -0.15) is 0 Å². The van der Waals surface area contributed by atoms with Crippen molar-refractivity contribution >= 4 is 28.4 Å². The summed E-state index contributed by atoms with van der Waals surface area (Å²) < 4.78 is 2.19. The molecule has 2 rings (SSSR count). The zero-order valence-electron chi connectivity index (χ0n) is 10.6. The molecule has 0 spiro atoms. The molecule has 1 nitrogen and oxygen atoms in total. The van der Waals surface area contributed by atoms with Gasteiger partial charge >= 0.3 is 0 Å². The minimum absolute atomic E-state index is 0.795. The summed E-state index contributed by atoms with van der Waals surface area (Å²) >= 11 is 7.40. The van der Waals surface area contributed by atoms with Crippen LogP contribution in [-0.2, 0) is 0 Å². The molecule has 0 aromatic heterocycles. The van der Waals surface area contributed by atoms with E-state index < -0.39 is 0 Å². The van der Waals surface area contributed by atoms with Crippen LogP contribution >= 0.6 is 24.2 Å². The van der Waals surface area contributed by atoms with E-state index in [2.05, 4.69) is 20.9 Å². The molecule has 3 heteroatoms. The first-order valence-electron chi connectivity index (χ1n) is 6.40. The Bertz CT molecular complexity index is 329. The van der Waals surface area contributed by atoms with E-state index in [1.165, 1.54) is 37.7 Å². The lowest BCUT2D eigenvalue weighted by atomic mass is 9.93. The van der Waals surface area contributed by atoms with Crippen LogP contribution < -0.4 is 0 Å². The Kier molecular flexibility index (Phi) is 3.77. The highest BCUT2D eigenvalue weighted by molar-refractivity contribution is 8.20. The molecule has 1 aliphatic heterocycles. The summed E-state index contributed by atoms with van der Waals surface area (Å²) in [6, 6.07) is 0.795. The highest BCUT2D eigenvalue weighted by Gasteiger charge is 2.45. The van der Waals surface area contributed by atoms with Crippen molar-refractivity contribution in [1.29, 1.82) is 0 Å². The molecule has 1 atom stereocenters. The number of hydrogen-bond donors (Lipinski definition) is 0. The number of nitrogens with zero attached hydrogens (tertiary/aromatic N) is 1. The number of thiocarbonyl (C=S) groups is 1. The molecule has 0 N–H and O–H groups in total. The predicted octanol–water partition coefficient (Wildman–Crippen LogP) is 4.44. The third-order valence-corrected chi connectivity index (χ3v) is 6.05. The molecule has 0 amide bonds. The first-order valence-corrected chi connectivity index (χ1v) is 7.58. The Balaban J connectivity index is 2.27. The number of quaternary nitrogens is 1. The van der Waals surface area contributed by atoms with Crippen LogP contribution in [-0.4, -0.2) is 21.2 Å². The van der Waals surface area contributed by atoms with E-state index in [0.717, 1.165) is 20.5 Å². The van der Waals surface area contributed by atoms with Crippen LogP contribution in [0.1, 0.15) is 52.4 Å². The minimum atomic E-state index is 0.795. The van der Waals surface area contributed by atoms with Gasteiger partial charge in [0, 0.05) is 24.8 Å². The lowest BCUT2D eigenvalue weighted by Crippen LogP contribution is -2.44. The summed E-state index contributed by atoms with van der Waals surface area (Å²) in [5.74, 6) is 0. The third-order valence-electron chi connectivity index (χ3n) is 4.15. The van der Waals surface area contributed by atoms with Crippen molar-refractivity contribution in [2.75, 3.05) is 7.05 Å². The summed E-state index contributed by atoms with van der Waals surface area (Å²) in [5, 5.41) is 0. The normalized spacial score (nSPS) is 32.6. The monoisotopic (exact) mass is 256 g/mol. The van der Waals surface area contributed by atoms with Crippen molar-refractivity contribution in [2.45, 2.75) is 58.4 Å². The van der Waals surface area contributed by atoms with E-state index in [-0.39, 0.29) is 0 Å². The Hall–Kier alpha value is 0.140. The average molecular weight is 256 g/mol. The van der Waals surface area contributed by atoms with Gasteiger partial charge in [0.25, 0.3) is 0 Å². The van der Waals surface area contributed by atoms with Crippen molar-refractivity contribution in [3.8, 4) is 0 Å². The van der Waals surface area contributed by atoms with Gasteiger partial charge in [0.2, 0.25) is 0 Å². The number of rotatable bonds is 2. The first-order chi connectivity index (χ1) is 7.59. The molecule has 0 unspecified atom stereocenters. The maximum Gasteiger partial charge on any atom is 0.138 e. The lowest BCUT2D eigenvalue weighted by molar-refractivity contribution is -0.763. The largest absolute Gasteiger partial charge is 0.228 e. The van der Waals surface area contributed by atoms with E-state index >= 15 is 0 Å². The highest BCUT2D eigenvalue weighted by atomic mass is 32.2. The maximum absolute atomic E-state index is 5.49. The second-order valence-electron chi connectivity index (χ2n) is 5.09. The second kappa shape index (κ2) is 4.79. The minimum Gasteiger partial charge on any atom is -0.228 e. The zero-order valence-corrected chi connectivity index (χ0v) is 12.2. The molecule has 1 fully saturated rings. The standard InChI is InChI=1S/C13H22NS2/c1-4-12-10(2)13(15)16-14(12,3)11-8-6-5-7-9-11/h11H,4-9H2,1-3H3/q+1/t14-/m0/s1. The van der Waals surface area contributed by atoms with Crippen LogP contribution in [0.3, 0.4) is 0 Å². The molecule has 1 aliphatic carbocycles. The van der Waals surface area contributed by atoms with Gasteiger partial charge in [0.1, 0.15) is 27.9 Å². The highest BCUT2D eigenvalue weighted by Crippen LogP contribution is 2.47. The lowest BCUT2D eigenvalue weighted by Gasteiger charge is -2.38. The number of allylic oxidation sites excluding steroid dienone is 1. The van der Waals surface area contributed by atoms with Crippen molar-refractivity contribution < 1.29 is 3.89 Å². The molecular weight excluding hydrogens is 234 g/mol. The van der Waals surface area contributed by atoms with E-state index in [0.29, 0.717) is 0 Å². The summed E-state index contributed by atoms with van der Waals surface area (Å²) in [6.07, 6.45) is 8.14. The topological polar surface area (TPSA) is 0 Å². The van der Waals surface area contributed by atoms with Gasteiger partial charge in [-0.3, -0.25) is 0 Å². The zero-order chi connectivity index (χ0) is 11.8. The van der Waals surface area contributed by atoms with Crippen LogP contribution in [0.4, 0.5) is 0 Å². The Labute approximate surface area is 109 Å². The van der Waals surface area contributed by atoms with Crippen molar-refractivity contribution in [3.63, 3.8) is 0 Å². The molecule has 1 saturated carbocycles. The summed E-state index contributed by atoms with van der Waals surface area (Å²) in [6.45, 7) is 4.48. The molecule has 0 bridgehead atoms. The smallest absolute Gasteiger partial charge is 0.138 e. The first kappa shape index (κ1) is 12.6. The van der Waals surface area contributed by atoms with Crippen molar-refractivity contribution in [2.24, 2.45) is 0 Å². The van der Waals surface area contributed by atoms with Gasteiger partial charge in [0.05, 0.1) is 7.05 Å². The Morgan fingerprint density at radius 3 is 2.50 bits per heavy atom. The summed E-state index contributed by atoms with van der Waals surface area (Å²) in [5.41, 5.74) is 2.96. The maximum atomic E-state index is 5.49. The van der Waals surface area contributed by atoms with E-state index in [9.17, 15) is 0 Å². The summed E-state index contributed by atoms with van der Waals surface area (Å²) in [7, 11) is 2.38. The molecule has 0 aromatic carbocycles. The van der Waals surface area contributed by atoms with Crippen LogP contribution in [0, 0.1) is 0 Å². The van der Waals surface area contributed by atoms with Gasteiger partial charge in [-0.1, -0.05) is 25.6 Å². The predicted molar refractivity (Wildman–Crippen MR) is 76.2 cm³/mol. The fraction of sp³-hybridized carbons (Fsp3) is 0.769. The molecule has 2 aliphatic rings. The van der Waals surface area contributed by atoms with Crippen LogP contribution in [0.15, 0.2) is 11.3 Å². The third kappa shape index (κ3) is 1.98. The van der Waals surface area contributed by atoms with Crippen LogP contribution in [0.25, 0.3) is 0 Å². The van der Waals surface area contributed by atoms with Gasteiger partial charge in [-0.25, -0.2) is 3.89 Å². The number of hydrogen-bond acceptors (Lipinski definition) is 2. The molecule has 16 heavy (non-hydrogen) atoms. The molecule has 1 heterocycles. The van der Waals surface area contributed by atoms with E-state index in [1.54, 1.807) is 5.70 Å². The van der Waals surface area contributed by atoms with Crippen LogP contribution in [0.5, 0.6) is 0 Å². The van der Waals surface area contributed by atoms with Crippen LogP contribution in [0.2, 0.25) is 0 Å². The average Bonchev–Trinajstić information content (AvgIpc) is 2.52. The fourth-order valence-electron chi connectivity index (χ4n) is 3.19. The van der Waals surface area contributed by atoms with Gasteiger partial charge < -0.3 is 0 Å². The molecular formula is C13H22NS2+. The quantitative estimate of drug-likeness (QED) is 0.407.